The topological polar surface area (TPSA) is 85.7 Å². The molecule has 0 fully saturated rings. The van der Waals surface area contributed by atoms with Gasteiger partial charge in [-0.25, -0.2) is 9.97 Å². The largest absolute Gasteiger partial charge is 0.370 e. The quantitative estimate of drug-likeness (QED) is 0.404. The smallest absolute Gasteiger partial charge is 0.162 e. The number of nitrogens with one attached hydrogen (secondary N) is 3. The van der Waals surface area contributed by atoms with Gasteiger partial charge < -0.3 is 16.0 Å². The van der Waals surface area contributed by atoms with Gasteiger partial charge in [-0.05, 0) is 35.1 Å². The van der Waals surface area contributed by atoms with E-state index in [9.17, 15) is 0 Å². The van der Waals surface area contributed by atoms with Gasteiger partial charge in [-0.2, -0.15) is 5.26 Å². The van der Waals surface area contributed by atoms with Gasteiger partial charge in [0.25, 0.3) is 0 Å². The Morgan fingerprint density at radius 2 is 1.62 bits per heavy atom. The van der Waals surface area contributed by atoms with Crippen LogP contribution in [0.5, 0.6) is 0 Å². The summed E-state index contributed by atoms with van der Waals surface area (Å²) in [6.07, 6.45) is 3.72. The molecule has 1 aromatic heterocycles. The fourth-order valence-electron chi connectivity index (χ4n) is 3.82. The van der Waals surface area contributed by atoms with E-state index in [1.807, 2.05) is 54.6 Å². The van der Waals surface area contributed by atoms with Gasteiger partial charge in [-0.15, -0.1) is 0 Å². The van der Waals surface area contributed by atoms with Crippen LogP contribution in [0.3, 0.4) is 0 Å². The van der Waals surface area contributed by atoms with Crippen LogP contribution in [0.25, 0.3) is 33.1 Å². The first-order chi connectivity index (χ1) is 15.8. The van der Waals surface area contributed by atoms with Gasteiger partial charge in [0, 0.05) is 29.6 Å². The summed E-state index contributed by atoms with van der Waals surface area (Å²) < 4.78 is 0. The zero-order valence-corrected chi connectivity index (χ0v) is 17.5. The van der Waals surface area contributed by atoms with Crippen molar-refractivity contribution in [2.75, 3.05) is 25.0 Å². The Morgan fingerprint density at radius 3 is 2.47 bits per heavy atom. The van der Waals surface area contributed by atoms with E-state index in [0.717, 1.165) is 39.1 Å². The van der Waals surface area contributed by atoms with Crippen LogP contribution in [0, 0.1) is 11.3 Å². The highest BCUT2D eigenvalue weighted by atomic mass is 15.1. The third-order valence-electron chi connectivity index (χ3n) is 5.43. The molecule has 0 bridgehead atoms. The van der Waals surface area contributed by atoms with Crippen molar-refractivity contribution in [3.05, 3.63) is 90.3 Å². The van der Waals surface area contributed by atoms with Gasteiger partial charge in [-0.1, -0.05) is 54.6 Å². The van der Waals surface area contributed by atoms with E-state index in [0.29, 0.717) is 25.5 Å². The molecular formula is C26H22N6. The fourth-order valence-corrected chi connectivity index (χ4v) is 3.82. The minimum atomic E-state index is 0.549. The monoisotopic (exact) mass is 418 g/mol. The molecular weight excluding hydrogens is 396 g/mol. The first-order valence-electron chi connectivity index (χ1n) is 10.6. The van der Waals surface area contributed by atoms with Gasteiger partial charge in [0.1, 0.15) is 5.82 Å². The summed E-state index contributed by atoms with van der Waals surface area (Å²) in [7, 11) is 0. The standard InChI is InChI=1S/C26H22N6/c27-16-18-12-13-24(30-17-18)28-14-15-29-25-22-9-3-4-11-23(22)31-26(32-25)21-10-5-7-19-6-1-2-8-20(19)21/h1-13,28,30H,14-15,17H2,(H,29,31,32). The molecule has 0 amide bonds. The average molecular weight is 419 g/mol. The fraction of sp³-hybridized carbons (Fsp3) is 0.115. The highest BCUT2D eigenvalue weighted by molar-refractivity contribution is 5.97. The van der Waals surface area contributed by atoms with Crippen molar-refractivity contribution in [1.29, 1.82) is 5.26 Å². The highest BCUT2D eigenvalue weighted by Gasteiger charge is 2.11. The van der Waals surface area contributed by atoms with Crippen molar-refractivity contribution in [2.45, 2.75) is 0 Å². The molecule has 6 heteroatoms. The number of hydrogen-bond donors (Lipinski definition) is 3. The van der Waals surface area contributed by atoms with Crippen LogP contribution in [-0.2, 0) is 0 Å². The summed E-state index contributed by atoms with van der Waals surface area (Å²) >= 11 is 0. The Balaban J connectivity index is 1.40. The van der Waals surface area contributed by atoms with Crippen LogP contribution in [0.2, 0.25) is 0 Å². The molecule has 0 saturated heterocycles. The number of dihydropyridines is 1. The third-order valence-corrected chi connectivity index (χ3v) is 5.43. The summed E-state index contributed by atoms with van der Waals surface area (Å²) in [5, 5.41) is 22.3. The molecule has 2 heterocycles. The minimum absolute atomic E-state index is 0.549. The Morgan fingerprint density at radius 1 is 0.844 bits per heavy atom. The van der Waals surface area contributed by atoms with Crippen molar-refractivity contribution >= 4 is 27.5 Å². The molecule has 3 N–H and O–H groups in total. The summed E-state index contributed by atoms with van der Waals surface area (Å²) in [6.45, 7) is 1.94. The van der Waals surface area contributed by atoms with Gasteiger partial charge in [0.15, 0.2) is 5.82 Å². The van der Waals surface area contributed by atoms with E-state index in [4.69, 9.17) is 15.2 Å². The number of fused-ring (bicyclic) bond motifs is 2. The van der Waals surface area contributed by atoms with Crippen molar-refractivity contribution in [3.8, 4) is 17.5 Å². The lowest BCUT2D eigenvalue weighted by molar-refractivity contribution is 0.711. The number of nitrogens with zero attached hydrogens (tertiary/aromatic N) is 3. The third kappa shape index (κ3) is 3.96. The highest BCUT2D eigenvalue weighted by Crippen LogP contribution is 2.29. The van der Waals surface area contributed by atoms with Gasteiger partial charge in [0.2, 0.25) is 0 Å². The lowest BCUT2D eigenvalue weighted by Crippen LogP contribution is -2.32. The van der Waals surface area contributed by atoms with Crippen LogP contribution in [0.15, 0.2) is 90.3 Å². The molecule has 0 spiro atoms. The zero-order chi connectivity index (χ0) is 21.8. The molecule has 32 heavy (non-hydrogen) atoms. The second-order valence-corrected chi connectivity index (χ2v) is 7.53. The SMILES string of the molecule is N#CC1=CC=C(NCCNc2nc(-c3cccc4ccccc34)nc3ccccc23)NC1. The lowest BCUT2D eigenvalue weighted by atomic mass is 10.0. The average Bonchev–Trinajstić information content (AvgIpc) is 2.86. The molecule has 1 aliphatic rings. The van der Waals surface area contributed by atoms with Crippen LogP contribution < -0.4 is 16.0 Å². The molecule has 4 aromatic rings. The lowest BCUT2D eigenvalue weighted by Gasteiger charge is -2.17. The number of anilines is 1. The number of hydrogen-bond acceptors (Lipinski definition) is 6. The van der Waals surface area contributed by atoms with Crippen molar-refractivity contribution in [3.63, 3.8) is 0 Å². The molecule has 1 aliphatic heterocycles. The van der Waals surface area contributed by atoms with Crippen molar-refractivity contribution in [1.82, 2.24) is 20.6 Å². The molecule has 0 aliphatic carbocycles. The normalized spacial score (nSPS) is 13.1. The number of para-hydroxylation sites is 1. The first kappa shape index (κ1) is 19.6. The summed E-state index contributed by atoms with van der Waals surface area (Å²) in [4.78, 5) is 9.76. The molecule has 3 aromatic carbocycles. The molecule has 5 rings (SSSR count). The number of rotatable bonds is 6. The van der Waals surface area contributed by atoms with Crippen LogP contribution >= 0.6 is 0 Å². The number of allylic oxidation sites excluding steroid dienone is 2. The Bertz CT molecular complexity index is 1390. The predicted octanol–water partition coefficient (Wildman–Crippen LogP) is 4.35. The van der Waals surface area contributed by atoms with Crippen molar-refractivity contribution in [2.24, 2.45) is 0 Å². The zero-order valence-electron chi connectivity index (χ0n) is 17.5. The van der Waals surface area contributed by atoms with Gasteiger partial charge in [0.05, 0.1) is 24.0 Å². The maximum atomic E-state index is 8.94. The van der Waals surface area contributed by atoms with E-state index >= 15 is 0 Å². The van der Waals surface area contributed by atoms with Crippen LogP contribution in [0.1, 0.15) is 0 Å². The Labute approximate surface area is 186 Å². The van der Waals surface area contributed by atoms with E-state index in [2.05, 4.69) is 46.3 Å². The predicted molar refractivity (Wildman–Crippen MR) is 129 cm³/mol. The number of aromatic nitrogens is 2. The summed E-state index contributed by atoms with van der Waals surface area (Å²) in [5.41, 5.74) is 2.65. The molecule has 0 atom stereocenters. The van der Waals surface area contributed by atoms with Gasteiger partial charge >= 0.3 is 0 Å². The van der Waals surface area contributed by atoms with E-state index in [1.165, 1.54) is 5.39 Å². The minimum Gasteiger partial charge on any atom is -0.370 e. The van der Waals surface area contributed by atoms with E-state index < -0.39 is 0 Å². The second-order valence-electron chi connectivity index (χ2n) is 7.53. The maximum absolute atomic E-state index is 8.94. The number of nitriles is 1. The summed E-state index contributed by atoms with van der Waals surface area (Å²) in [5.74, 6) is 2.44. The molecule has 0 unspecified atom stereocenters. The number of benzene rings is 3. The first-order valence-corrected chi connectivity index (χ1v) is 10.6. The molecule has 6 nitrogen and oxygen atoms in total. The summed E-state index contributed by atoms with van der Waals surface area (Å²) in [6, 6.07) is 24.7. The van der Waals surface area contributed by atoms with Crippen LogP contribution in [0.4, 0.5) is 5.82 Å². The van der Waals surface area contributed by atoms with E-state index in [1.54, 1.807) is 0 Å². The maximum Gasteiger partial charge on any atom is 0.162 e. The Hall–Kier alpha value is -4.37. The van der Waals surface area contributed by atoms with Gasteiger partial charge in [-0.3, -0.25) is 0 Å². The molecule has 0 radical (unpaired) electrons. The molecule has 0 saturated carbocycles. The second kappa shape index (κ2) is 8.78. The molecule has 156 valence electrons. The van der Waals surface area contributed by atoms with Crippen LogP contribution in [-0.4, -0.2) is 29.6 Å². The Kier molecular flexibility index (Phi) is 5.38. The van der Waals surface area contributed by atoms with Crippen molar-refractivity contribution < 1.29 is 0 Å². The van der Waals surface area contributed by atoms with E-state index in [-0.39, 0.29) is 0 Å².